The first-order valence-corrected chi connectivity index (χ1v) is 8.02. The van der Waals surface area contributed by atoms with Crippen molar-refractivity contribution in [1.82, 2.24) is 9.47 Å². The molecular weight excluding hydrogens is 344 g/mol. The summed E-state index contributed by atoms with van der Waals surface area (Å²) in [5.41, 5.74) is -0.505. The number of carbonyl (C=O) groups excluding carboxylic acids is 3. The summed E-state index contributed by atoms with van der Waals surface area (Å²) in [6, 6.07) is 2.94. The molecule has 1 aliphatic rings. The number of hydrogen-bond acceptors (Lipinski definition) is 7. The van der Waals surface area contributed by atoms with Gasteiger partial charge in [0.2, 0.25) is 5.91 Å². The second-order valence-corrected chi connectivity index (χ2v) is 6.99. The number of fused-ring (bicyclic) bond motifs is 1. The summed E-state index contributed by atoms with van der Waals surface area (Å²) in [5, 5.41) is 9.50. The number of oxazole rings is 1. The minimum Gasteiger partial charge on any atom is -0.508 e. The molecule has 1 aromatic carbocycles. The highest BCUT2D eigenvalue weighted by Gasteiger charge is 2.42. The molecule has 0 bridgehead atoms. The lowest BCUT2D eigenvalue weighted by Gasteiger charge is -2.31. The summed E-state index contributed by atoms with van der Waals surface area (Å²) < 4.78 is 11.3. The molecule has 0 radical (unpaired) electrons. The van der Waals surface area contributed by atoms with E-state index in [4.69, 9.17) is 9.15 Å². The van der Waals surface area contributed by atoms with E-state index >= 15 is 0 Å². The van der Waals surface area contributed by atoms with Crippen molar-refractivity contribution >= 4 is 29.0 Å². The molecular formula is C17H18N2O7. The van der Waals surface area contributed by atoms with E-state index in [0.29, 0.717) is 4.90 Å². The number of carbonyl (C=O) groups is 3. The van der Waals surface area contributed by atoms with Crippen molar-refractivity contribution in [1.29, 1.82) is 0 Å². The zero-order chi connectivity index (χ0) is 19.2. The van der Waals surface area contributed by atoms with Crippen LogP contribution in [-0.2, 0) is 14.3 Å². The average Bonchev–Trinajstić information content (AvgIpc) is 2.81. The molecule has 0 spiro atoms. The summed E-state index contributed by atoms with van der Waals surface area (Å²) in [7, 11) is 0. The van der Waals surface area contributed by atoms with Gasteiger partial charge in [-0.3, -0.25) is 14.2 Å². The van der Waals surface area contributed by atoms with Crippen molar-refractivity contribution in [3.05, 3.63) is 28.7 Å². The van der Waals surface area contributed by atoms with Crippen LogP contribution < -0.4 is 5.76 Å². The number of phenols is 1. The molecule has 9 nitrogen and oxygen atoms in total. The molecule has 1 aliphatic heterocycles. The maximum atomic E-state index is 12.8. The third-order valence-corrected chi connectivity index (χ3v) is 3.87. The van der Waals surface area contributed by atoms with Crippen LogP contribution in [0.1, 0.15) is 39.7 Å². The van der Waals surface area contributed by atoms with Crippen LogP contribution in [0.15, 0.2) is 27.4 Å². The highest BCUT2D eigenvalue weighted by molar-refractivity contribution is 6.11. The summed E-state index contributed by atoms with van der Waals surface area (Å²) in [6.07, 6.45) is -1.13. The van der Waals surface area contributed by atoms with Crippen molar-refractivity contribution in [2.24, 2.45) is 0 Å². The number of likely N-dealkylation sites (tertiary alicyclic amines) is 1. The first-order chi connectivity index (χ1) is 12.1. The van der Waals surface area contributed by atoms with Gasteiger partial charge in [-0.1, -0.05) is 0 Å². The third-order valence-electron chi connectivity index (χ3n) is 3.87. The van der Waals surface area contributed by atoms with Crippen LogP contribution >= 0.6 is 0 Å². The largest absolute Gasteiger partial charge is 0.508 e. The molecule has 2 heterocycles. The van der Waals surface area contributed by atoms with Crippen molar-refractivity contribution in [2.45, 2.75) is 45.3 Å². The summed E-state index contributed by atoms with van der Waals surface area (Å²) in [5.74, 6) is -2.45. The van der Waals surface area contributed by atoms with Gasteiger partial charge >= 0.3 is 11.8 Å². The number of piperidine rings is 1. The predicted octanol–water partition coefficient (Wildman–Crippen LogP) is 1.93. The van der Waals surface area contributed by atoms with Gasteiger partial charge in [-0.25, -0.2) is 9.59 Å². The highest BCUT2D eigenvalue weighted by Crippen LogP contribution is 2.29. The van der Waals surface area contributed by atoms with Crippen molar-refractivity contribution < 1.29 is 28.6 Å². The third kappa shape index (κ3) is 3.07. The Morgan fingerprint density at radius 2 is 1.96 bits per heavy atom. The number of amides is 3. The Morgan fingerprint density at radius 3 is 2.62 bits per heavy atom. The Bertz CT molecular complexity index is 964. The van der Waals surface area contributed by atoms with Crippen LogP contribution in [0.25, 0.3) is 11.1 Å². The molecule has 1 fully saturated rings. The zero-order valence-corrected chi connectivity index (χ0v) is 14.5. The Hall–Kier alpha value is -3.10. The number of imide groups is 3. The fourth-order valence-electron chi connectivity index (χ4n) is 2.83. The molecule has 1 atom stereocenters. The molecule has 3 rings (SSSR count). The Morgan fingerprint density at radius 1 is 1.27 bits per heavy atom. The van der Waals surface area contributed by atoms with Gasteiger partial charge in [0.05, 0.1) is 5.52 Å². The fourth-order valence-corrected chi connectivity index (χ4v) is 2.83. The molecule has 138 valence electrons. The van der Waals surface area contributed by atoms with Crippen molar-refractivity contribution in [3.8, 4) is 5.75 Å². The number of rotatable bonds is 1. The second-order valence-electron chi connectivity index (χ2n) is 6.99. The Balaban J connectivity index is 2.01. The van der Waals surface area contributed by atoms with Crippen molar-refractivity contribution in [2.75, 3.05) is 0 Å². The number of aromatic hydroxyl groups is 1. The van der Waals surface area contributed by atoms with Gasteiger partial charge in [0.15, 0.2) is 5.58 Å². The van der Waals surface area contributed by atoms with Gasteiger partial charge in [0.1, 0.15) is 17.4 Å². The van der Waals surface area contributed by atoms with Gasteiger partial charge < -0.3 is 14.3 Å². The SMILES string of the molecule is CC(C)(C)OC(=O)N1C(=O)CCC(n2c(=O)oc3cc(O)ccc32)C1=O. The van der Waals surface area contributed by atoms with E-state index in [-0.39, 0.29) is 29.7 Å². The zero-order valence-electron chi connectivity index (χ0n) is 14.5. The first-order valence-electron chi connectivity index (χ1n) is 8.02. The fraction of sp³-hybridized carbons (Fsp3) is 0.412. The van der Waals surface area contributed by atoms with Crippen LogP contribution in [-0.4, -0.2) is 38.1 Å². The summed E-state index contributed by atoms with van der Waals surface area (Å²) in [6.45, 7) is 4.84. The molecule has 1 N–H and O–H groups in total. The van der Waals surface area contributed by atoms with E-state index in [1.807, 2.05) is 0 Å². The molecule has 1 saturated heterocycles. The van der Waals surface area contributed by atoms with Crippen LogP contribution in [0.4, 0.5) is 4.79 Å². The van der Waals surface area contributed by atoms with Gasteiger partial charge in [-0.2, -0.15) is 4.90 Å². The normalized spacial score (nSPS) is 18.4. The summed E-state index contributed by atoms with van der Waals surface area (Å²) >= 11 is 0. The number of phenolic OH excluding ortho intramolecular Hbond substituents is 1. The molecule has 0 saturated carbocycles. The van der Waals surface area contributed by atoms with Crippen LogP contribution in [0, 0.1) is 0 Å². The number of ether oxygens (including phenoxy) is 1. The first kappa shape index (κ1) is 17.7. The highest BCUT2D eigenvalue weighted by atomic mass is 16.6. The van der Waals surface area contributed by atoms with Crippen LogP contribution in [0.5, 0.6) is 5.75 Å². The number of nitrogens with zero attached hydrogens (tertiary/aromatic N) is 2. The minimum absolute atomic E-state index is 0.0480. The topological polar surface area (TPSA) is 119 Å². The van der Waals surface area contributed by atoms with Gasteiger partial charge in [-0.05, 0) is 39.3 Å². The number of aromatic nitrogens is 1. The predicted molar refractivity (Wildman–Crippen MR) is 88.5 cm³/mol. The van der Waals surface area contributed by atoms with Gasteiger partial charge in [-0.15, -0.1) is 0 Å². The molecule has 26 heavy (non-hydrogen) atoms. The van der Waals surface area contributed by atoms with E-state index in [9.17, 15) is 24.3 Å². The molecule has 0 aliphatic carbocycles. The second kappa shape index (κ2) is 6.01. The van der Waals surface area contributed by atoms with E-state index in [2.05, 4.69) is 0 Å². The van der Waals surface area contributed by atoms with Crippen molar-refractivity contribution in [3.63, 3.8) is 0 Å². The summed E-state index contributed by atoms with van der Waals surface area (Å²) in [4.78, 5) is 49.8. The van der Waals surface area contributed by atoms with Crippen LogP contribution in [0.3, 0.4) is 0 Å². The average molecular weight is 362 g/mol. The lowest BCUT2D eigenvalue weighted by atomic mass is 10.0. The standard InChI is InChI=1S/C17H18N2O7/c1-17(2,3)26-16(24)19-13(21)7-6-11(14(19)22)18-10-5-4-9(20)8-12(10)25-15(18)23/h4-5,8,11,20H,6-7H2,1-3H3. The molecule has 1 aromatic heterocycles. The smallest absolute Gasteiger partial charge is 0.424 e. The number of benzene rings is 1. The van der Waals surface area contributed by atoms with E-state index in [1.165, 1.54) is 18.2 Å². The monoisotopic (exact) mass is 362 g/mol. The molecule has 2 aromatic rings. The van der Waals surface area contributed by atoms with E-state index in [0.717, 1.165) is 4.57 Å². The Kier molecular flexibility index (Phi) is 4.09. The quantitative estimate of drug-likeness (QED) is 0.770. The Labute approximate surface area is 147 Å². The molecule has 9 heteroatoms. The maximum absolute atomic E-state index is 12.8. The van der Waals surface area contributed by atoms with Gasteiger partial charge in [0.25, 0.3) is 5.91 Å². The molecule has 3 amide bonds. The molecule has 1 unspecified atom stereocenters. The lowest BCUT2D eigenvalue weighted by molar-refractivity contribution is -0.149. The van der Waals surface area contributed by atoms with Crippen LogP contribution in [0.2, 0.25) is 0 Å². The van der Waals surface area contributed by atoms with E-state index in [1.54, 1.807) is 20.8 Å². The number of hydrogen-bond donors (Lipinski definition) is 1. The lowest BCUT2D eigenvalue weighted by Crippen LogP contribution is -2.51. The minimum atomic E-state index is -1.08. The van der Waals surface area contributed by atoms with Gasteiger partial charge in [0, 0.05) is 12.5 Å². The van der Waals surface area contributed by atoms with E-state index < -0.39 is 35.3 Å². The maximum Gasteiger partial charge on any atom is 0.424 e.